The summed E-state index contributed by atoms with van der Waals surface area (Å²) in [6.07, 6.45) is 10.2. The number of H-pyrrole nitrogens is 1. The quantitative estimate of drug-likeness (QED) is 0.302. The number of thiophene rings is 1. The lowest BCUT2D eigenvalue weighted by Gasteiger charge is -2.36. The number of rotatable bonds is 5. The zero-order chi connectivity index (χ0) is 20.7. The Labute approximate surface area is 180 Å². The van der Waals surface area contributed by atoms with Crippen molar-refractivity contribution in [1.29, 1.82) is 0 Å². The summed E-state index contributed by atoms with van der Waals surface area (Å²) < 4.78 is 0. The Kier molecular flexibility index (Phi) is 4.82. The van der Waals surface area contributed by atoms with Gasteiger partial charge in [-0.1, -0.05) is 45.4 Å². The van der Waals surface area contributed by atoms with Crippen molar-refractivity contribution < 1.29 is 0 Å². The van der Waals surface area contributed by atoms with Crippen LogP contribution in [-0.4, -0.2) is 21.2 Å². The number of aryl methyl sites for hydroxylation is 1. The lowest BCUT2D eigenvalue weighted by molar-refractivity contribution is 0.184. The predicted molar refractivity (Wildman–Crippen MR) is 127 cm³/mol. The van der Waals surface area contributed by atoms with E-state index in [-0.39, 0.29) is 0 Å². The van der Waals surface area contributed by atoms with Gasteiger partial charge in [0.1, 0.15) is 11.2 Å². The molecule has 0 spiro atoms. The van der Waals surface area contributed by atoms with E-state index in [0.29, 0.717) is 11.3 Å². The highest BCUT2D eigenvalue weighted by Gasteiger charge is 2.33. The first-order valence-electron chi connectivity index (χ1n) is 10.7. The molecule has 0 saturated carbocycles. The number of hydrazone groups is 1. The molecule has 2 N–H and O–H groups in total. The average Bonchev–Trinajstić information content (AvgIpc) is 3.35. The van der Waals surface area contributed by atoms with E-state index in [1.54, 1.807) is 6.33 Å². The van der Waals surface area contributed by atoms with Gasteiger partial charge in [-0.15, -0.1) is 11.3 Å². The first-order valence-corrected chi connectivity index (χ1v) is 11.5. The van der Waals surface area contributed by atoms with Crippen LogP contribution >= 0.6 is 11.3 Å². The first-order chi connectivity index (χ1) is 14.6. The van der Waals surface area contributed by atoms with Crippen LogP contribution in [0.5, 0.6) is 0 Å². The van der Waals surface area contributed by atoms with E-state index in [2.05, 4.69) is 58.4 Å². The summed E-state index contributed by atoms with van der Waals surface area (Å²) in [5, 5.41) is 6.83. The largest absolute Gasteiger partial charge is 0.361 e. The fraction of sp³-hybridized carbons (Fsp3) is 0.375. The molecule has 1 aromatic carbocycles. The maximum Gasteiger partial charge on any atom is 0.158 e. The number of hydrogen-bond acceptors (Lipinski definition) is 5. The number of benzene rings is 1. The zero-order valence-corrected chi connectivity index (χ0v) is 18.5. The molecule has 0 amide bonds. The van der Waals surface area contributed by atoms with Gasteiger partial charge in [0, 0.05) is 27.5 Å². The van der Waals surface area contributed by atoms with Crippen LogP contribution in [0.3, 0.4) is 0 Å². The molecule has 6 heteroatoms. The van der Waals surface area contributed by atoms with Crippen molar-refractivity contribution in [2.45, 2.75) is 46.5 Å². The summed E-state index contributed by atoms with van der Waals surface area (Å²) in [6.45, 7) is 7.10. The van der Waals surface area contributed by atoms with Gasteiger partial charge in [0.25, 0.3) is 0 Å². The zero-order valence-electron chi connectivity index (χ0n) is 17.7. The predicted octanol–water partition coefficient (Wildman–Crippen LogP) is 6.16. The van der Waals surface area contributed by atoms with Crippen molar-refractivity contribution in [3.8, 4) is 0 Å². The van der Waals surface area contributed by atoms with E-state index >= 15 is 0 Å². The van der Waals surface area contributed by atoms with Crippen LogP contribution in [0.4, 0.5) is 5.82 Å². The molecule has 30 heavy (non-hydrogen) atoms. The van der Waals surface area contributed by atoms with Crippen molar-refractivity contribution in [3.63, 3.8) is 0 Å². The van der Waals surface area contributed by atoms with Crippen LogP contribution in [-0.2, 0) is 12.8 Å². The van der Waals surface area contributed by atoms with E-state index in [9.17, 15) is 0 Å². The second-order valence-electron chi connectivity index (χ2n) is 8.85. The maximum atomic E-state index is 4.56. The standard InChI is InChI=1S/C24H27N5S/c1-4-24(2,3)16-9-10-20-18(11-16)21-22(26-14-27-23(21)30-20)29-28-13-15-12-25-19-8-6-5-7-17(15)19/h5-8,12-14,16,25H,4,9-11H2,1-3H3,(H,26,27,29)/b28-13-/t16-/m1/s1. The number of nitrogens with one attached hydrogen (secondary N) is 2. The number of nitrogens with zero attached hydrogens (tertiary/aromatic N) is 3. The summed E-state index contributed by atoms with van der Waals surface area (Å²) in [5.41, 5.74) is 7.15. The summed E-state index contributed by atoms with van der Waals surface area (Å²) in [7, 11) is 0. The molecule has 1 aliphatic carbocycles. The van der Waals surface area contributed by atoms with Gasteiger partial charge in [-0.3, -0.25) is 5.43 Å². The Bertz CT molecular complexity index is 1230. The highest BCUT2D eigenvalue weighted by Crippen LogP contribution is 2.45. The third kappa shape index (κ3) is 3.29. The van der Waals surface area contributed by atoms with Gasteiger partial charge in [0.15, 0.2) is 5.82 Å². The van der Waals surface area contributed by atoms with Gasteiger partial charge in [-0.25, -0.2) is 9.97 Å². The second-order valence-corrected chi connectivity index (χ2v) is 9.93. The third-order valence-corrected chi connectivity index (χ3v) is 8.05. The number of anilines is 1. The maximum absolute atomic E-state index is 4.56. The Balaban J connectivity index is 1.46. The molecule has 0 fully saturated rings. The normalized spacial score (nSPS) is 17.1. The molecular formula is C24H27N5S. The van der Waals surface area contributed by atoms with Crippen LogP contribution in [0.2, 0.25) is 0 Å². The highest BCUT2D eigenvalue weighted by molar-refractivity contribution is 7.19. The van der Waals surface area contributed by atoms with E-state index in [1.807, 2.05) is 35.9 Å². The van der Waals surface area contributed by atoms with Crippen molar-refractivity contribution in [2.75, 3.05) is 5.43 Å². The van der Waals surface area contributed by atoms with Gasteiger partial charge in [0.2, 0.25) is 0 Å². The monoisotopic (exact) mass is 417 g/mol. The van der Waals surface area contributed by atoms with Crippen molar-refractivity contribution in [1.82, 2.24) is 15.0 Å². The van der Waals surface area contributed by atoms with E-state index in [4.69, 9.17) is 0 Å². The van der Waals surface area contributed by atoms with Crippen LogP contribution in [0.1, 0.15) is 49.6 Å². The summed E-state index contributed by atoms with van der Waals surface area (Å²) in [4.78, 5) is 14.9. The minimum atomic E-state index is 0.350. The fourth-order valence-corrected chi connectivity index (χ4v) is 5.70. The molecule has 5 rings (SSSR count). The molecule has 0 saturated heterocycles. The van der Waals surface area contributed by atoms with Crippen molar-refractivity contribution in [2.24, 2.45) is 16.4 Å². The fourth-order valence-electron chi connectivity index (χ4n) is 4.51. The molecule has 1 atom stereocenters. The molecule has 1 aliphatic rings. The molecule has 3 heterocycles. The number of aromatic nitrogens is 3. The minimum absolute atomic E-state index is 0.350. The number of hydrogen-bond donors (Lipinski definition) is 2. The molecule has 0 unspecified atom stereocenters. The molecule has 5 nitrogen and oxygen atoms in total. The SMILES string of the molecule is CCC(C)(C)[C@@H]1CCc2sc3ncnc(N/N=C\c4c[nH]c5ccccc45)c3c2C1. The number of para-hydroxylation sites is 1. The van der Waals surface area contributed by atoms with E-state index in [1.165, 1.54) is 23.3 Å². The highest BCUT2D eigenvalue weighted by atomic mass is 32.1. The lowest BCUT2D eigenvalue weighted by Crippen LogP contribution is -2.28. The Morgan fingerprint density at radius 3 is 3.03 bits per heavy atom. The van der Waals surface area contributed by atoms with Crippen molar-refractivity contribution >= 4 is 44.5 Å². The Hall–Kier alpha value is -2.73. The molecule has 0 radical (unpaired) electrons. The Morgan fingerprint density at radius 2 is 2.17 bits per heavy atom. The van der Waals surface area contributed by atoms with Gasteiger partial charge >= 0.3 is 0 Å². The topological polar surface area (TPSA) is 66.0 Å². The van der Waals surface area contributed by atoms with Crippen LogP contribution in [0.15, 0.2) is 41.9 Å². The van der Waals surface area contributed by atoms with Gasteiger partial charge in [-0.05, 0) is 42.2 Å². The summed E-state index contributed by atoms with van der Waals surface area (Å²) in [5.74, 6) is 1.50. The smallest absolute Gasteiger partial charge is 0.158 e. The third-order valence-electron chi connectivity index (χ3n) is 6.85. The van der Waals surface area contributed by atoms with E-state index in [0.717, 1.165) is 45.3 Å². The van der Waals surface area contributed by atoms with Crippen LogP contribution in [0, 0.1) is 11.3 Å². The summed E-state index contributed by atoms with van der Waals surface area (Å²) in [6, 6.07) is 8.24. The van der Waals surface area contributed by atoms with Gasteiger partial charge in [0.05, 0.1) is 11.6 Å². The van der Waals surface area contributed by atoms with Crippen molar-refractivity contribution in [3.05, 3.63) is 52.8 Å². The van der Waals surface area contributed by atoms with Crippen LogP contribution < -0.4 is 5.43 Å². The molecular weight excluding hydrogens is 390 g/mol. The van der Waals surface area contributed by atoms with Crippen LogP contribution in [0.25, 0.3) is 21.1 Å². The summed E-state index contributed by atoms with van der Waals surface area (Å²) >= 11 is 1.82. The number of aromatic amines is 1. The molecule has 4 aromatic rings. The molecule has 0 aliphatic heterocycles. The minimum Gasteiger partial charge on any atom is -0.361 e. The van der Waals surface area contributed by atoms with Gasteiger partial charge in [-0.2, -0.15) is 5.10 Å². The molecule has 154 valence electrons. The first kappa shape index (κ1) is 19.2. The molecule has 0 bridgehead atoms. The second kappa shape index (κ2) is 7.51. The average molecular weight is 418 g/mol. The molecule has 3 aromatic heterocycles. The Morgan fingerprint density at radius 1 is 1.30 bits per heavy atom. The lowest BCUT2D eigenvalue weighted by atomic mass is 9.69. The number of fused-ring (bicyclic) bond motifs is 4. The van der Waals surface area contributed by atoms with Gasteiger partial charge < -0.3 is 4.98 Å². The van der Waals surface area contributed by atoms with E-state index < -0.39 is 0 Å².